The molecule has 0 heterocycles. The van der Waals surface area contributed by atoms with Crippen molar-refractivity contribution in [2.75, 3.05) is 6.54 Å². The zero-order chi connectivity index (χ0) is 30.5. The van der Waals surface area contributed by atoms with Crippen LogP contribution in [0.2, 0.25) is 0 Å². The first-order chi connectivity index (χ1) is 20.8. The van der Waals surface area contributed by atoms with Gasteiger partial charge in [0, 0.05) is 6.54 Å². The van der Waals surface area contributed by atoms with Gasteiger partial charge in [0.25, 0.3) is 0 Å². The van der Waals surface area contributed by atoms with Gasteiger partial charge in [-0.05, 0) is 48.9 Å². The molecule has 4 aromatic carbocycles. The summed E-state index contributed by atoms with van der Waals surface area (Å²) in [4.78, 5) is 39.8. The Hall–Kier alpha value is -4.91. The summed E-state index contributed by atoms with van der Waals surface area (Å²) in [6, 6.07) is 37.4. The van der Waals surface area contributed by atoms with Gasteiger partial charge in [-0.25, -0.2) is 4.79 Å². The summed E-state index contributed by atoms with van der Waals surface area (Å²) >= 11 is 0. The van der Waals surface area contributed by atoms with Crippen LogP contribution in [0.4, 0.5) is 4.79 Å². The first-order valence-corrected chi connectivity index (χ1v) is 14.6. The van der Waals surface area contributed by atoms with Gasteiger partial charge >= 0.3 is 6.09 Å². The van der Waals surface area contributed by atoms with Gasteiger partial charge in [-0.1, -0.05) is 121 Å². The molecule has 0 aliphatic rings. The van der Waals surface area contributed by atoms with Gasteiger partial charge < -0.3 is 20.7 Å². The minimum absolute atomic E-state index is 0.169. The van der Waals surface area contributed by atoms with E-state index >= 15 is 0 Å². The lowest BCUT2D eigenvalue weighted by atomic mass is 9.90. The quantitative estimate of drug-likeness (QED) is 0.168. The predicted molar refractivity (Wildman–Crippen MR) is 168 cm³/mol. The van der Waals surface area contributed by atoms with E-state index < -0.39 is 23.6 Å². The van der Waals surface area contributed by atoms with E-state index in [0.717, 1.165) is 22.3 Å². The Kier molecular flexibility index (Phi) is 11.1. The van der Waals surface area contributed by atoms with E-state index in [1.165, 1.54) is 0 Å². The van der Waals surface area contributed by atoms with E-state index in [0.29, 0.717) is 12.8 Å². The van der Waals surface area contributed by atoms with Gasteiger partial charge in [0.2, 0.25) is 11.8 Å². The summed E-state index contributed by atoms with van der Waals surface area (Å²) in [5.74, 6) is -1.16. The number of nitrogens with one attached hydrogen (secondary N) is 3. The molecule has 0 bridgehead atoms. The number of hydrogen-bond acceptors (Lipinski definition) is 4. The van der Waals surface area contributed by atoms with Crippen LogP contribution in [-0.2, 0) is 26.5 Å². The van der Waals surface area contributed by atoms with Crippen molar-refractivity contribution in [3.8, 4) is 0 Å². The fraction of sp³-hybridized carbons (Fsp3) is 0.250. The van der Waals surface area contributed by atoms with Crippen molar-refractivity contribution >= 4 is 17.9 Å². The van der Waals surface area contributed by atoms with Crippen LogP contribution in [0.25, 0.3) is 0 Å². The average molecular weight is 578 g/mol. The Morgan fingerprint density at radius 1 is 0.698 bits per heavy atom. The van der Waals surface area contributed by atoms with Crippen LogP contribution in [0.3, 0.4) is 0 Å². The summed E-state index contributed by atoms with van der Waals surface area (Å²) in [6.45, 7) is 4.32. The smallest absolute Gasteiger partial charge is 0.407 e. The van der Waals surface area contributed by atoms with Crippen molar-refractivity contribution in [2.45, 2.75) is 50.8 Å². The van der Waals surface area contributed by atoms with E-state index in [9.17, 15) is 14.4 Å². The Labute approximate surface area is 253 Å². The van der Waals surface area contributed by atoms with Crippen molar-refractivity contribution in [2.24, 2.45) is 0 Å². The lowest BCUT2D eigenvalue weighted by Crippen LogP contribution is -2.53. The molecule has 0 aromatic heterocycles. The minimum atomic E-state index is -0.826. The molecule has 0 fully saturated rings. The topological polar surface area (TPSA) is 96.5 Å². The van der Waals surface area contributed by atoms with Crippen LogP contribution in [0.1, 0.15) is 54.9 Å². The third-order valence-corrected chi connectivity index (χ3v) is 7.24. The molecular weight excluding hydrogens is 538 g/mol. The van der Waals surface area contributed by atoms with Crippen molar-refractivity contribution in [1.29, 1.82) is 0 Å². The number of ether oxygens (including phenoxy) is 1. The predicted octanol–water partition coefficient (Wildman–Crippen LogP) is 6.06. The zero-order valence-corrected chi connectivity index (χ0v) is 24.7. The van der Waals surface area contributed by atoms with Gasteiger partial charge in [0.05, 0.1) is 11.5 Å². The maximum atomic E-state index is 13.9. The molecule has 4 rings (SSSR count). The molecule has 0 saturated carbocycles. The molecule has 3 amide bonds. The second-order valence-electron chi connectivity index (χ2n) is 10.9. The molecule has 3 N–H and O–H groups in total. The first-order valence-electron chi connectivity index (χ1n) is 14.6. The van der Waals surface area contributed by atoms with Crippen LogP contribution in [0.5, 0.6) is 0 Å². The molecule has 43 heavy (non-hydrogen) atoms. The largest absolute Gasteiger partial charge is 0.445 e. The highest BCUT2D eigenvalue weighted by molar-refractivity contribution is 5.92. The Morgan fingerprint density at radius 2 is 1.21 bits per heavy atom. The molecule has 1 atom stereocenters. The van der Waals surface area contributed by atoms with Gasteiger partial charge in [-0.15, -0.1) is 0 Å². The molecule has 7 heteroatoms. The fourth-order valence-corrected chi connectivity index (χ4v) is 4.90. The van der Waals surface area contributed by atoms with E-state index in [1.54, 1.807) is 0 Å². The second-order valence-corrected chi connectivity index (χ2v) is 10.9. The van der Waals surface area contributed by atoms with E-state index in [1.807, 2.05) is 135 Å². The SMILES string of the molecule is CC(C)(NC(=O)[C@@H](CCCNC(=O)OCc1ccccc1)NC(=O)C(c1ccccc1)c1ccccc1)c1ccccc1. The zero-order valence-electron chi connectivity index (χ0n) is 24.7. The van der Waals surface area contributed by atoms with Crippen LogP contribution in [0.15, 0.2) is 121 Å². The standard InChI is InChI=1S/C36H39N3O4/c1-36(2,30-22-13-6-14-23-30)39-33(40)31(24-15-25-37-35(42)43-26-27-16-7-3-8-17-27)38-34(41)32(28-18-9-4-10-19-28)29-20-11-5-12-21-29/h3-14,16-23,31-32H,15,24-26H2,1-2H3,(H,37,42)(H,38,41)(H,39,40)/t31-/m1/s1. The molecule has 0 unspecified atom stereocenters. The highest BCUT2D eigenvalue weighted by atomic mass is 16.5. The third-order valence-electron chi connectivity index (χ3n) is 7.24. The van der Waals surface area contributed by atoms with Crippen molar-refractivity contribution in [3.05, 3.63) is 144 Å². The average Bonchev–Trinajstić information content (AvgIpc) is 3.03. The van der Waals surface area contributed by atoms with Gasteiger partial charge in [0.15, 0.2) is 0 Å². The Balaban J connectivity index is 1.45. The number of alkyl carbamates (subject to hydrolysis) is 1. The van der Waals surface area contributed by atoms with E-state index in [2.05, 4.69) is 16.0 Å². The molecule has 4 aromatic rings. The lowest BCUT2D eigenvalue weighted by Gasteiger charge is -2.30. The molecule has 0 aliphatic heterocycles. The Morgan fingerprint density at radius 3 is 1.77 bits per heavy atom. The van der Waals surface area contributed by atoms with E-state index in [4.69, 9.17) is 4.74 Å². The number of benzene rings is 4. The normalized spacial score (nSPS) is 11.8. The molecular formula is C36H39N3O4. The van der Waals surface area contributed by atoms with Crippen molar-refractivity contribution in [3.63, 3.8) is 0 Å². The third kappa shape index (κ3) is 9.30. The summed E-state index contributed by atoms with van der Waals surface area (Å²) in [5.41, 5.74) is 2.84. The van der Waals surface area contributed by atoms with E-state index in [-0.39, 0.29) is 25.0 Å². The number of rotatable bonds is 13. The molecule has 0 aliphatic carbocycles. The molecule has 0 saturated heterocycles. The highest BCUT2D eigenvalue weighted by Crippen LogP contribution is 2.25. The number of carbonyl (C=O) groups is 3. The van der Waals surface area contributed by atoms with Gasteiger partial charge in [-0.2, -0.15) is 0 Å². The van der Waals surface area contributed by atoms with Crippen LogP contribution < -0.4 is 16.0 Å². The van der Waals surface area contributed by atoms with Crippen LogP contribution in [-0.4, -0.2) is 30.5 Å². The maximum absolute atomic E-state index is 13.9. The monoisotopic (exact) mass is 577 g/mol. The Bertz CT molecular complexity index is 1410. The van der Waals surface area contributed by atoms with Gasteiger partial charge in [-0.3, -0.25) is 9.59 Å². The van der Waals surface area contributed by atoms with Crippen molar-refractivity contribution in [1.82, 2.24) is 16.0 Å². The summed E-state index contributed by atoms with van der Waals surface area (Å²) in [7, 11) is 0. The van der Waals surface area contributed by atoms with Gasteiger partial charge in [0.1, 0.15) is 12.6 Å². The summed E-state index contributed by atoms with van der Waals surface area (Å²) in [6.07, 6.45) is 0.233. The van der Waals surface area contributed by atoms with Crippen molar-refractivity contribution < 1.29 is 19.1 Å². The molecule has 7 nitrogen and oxygen atoms in total. The maximum Gasteiger partial charge on any atom is 0.407 e. The molecule has 0 radical (unpaired) electrons. The molecule has 0 spiro atoms. The lowest BCUT2D eigenvalue weighted by molar-refractivity contribution is -0.130. The highest BCUT2D eigenvalue weighted by Gasteiger charge is 2.31. The summed E-state index contributed by atoms with van der Waals surface area (Å²) in [5, 5.41) is 8.89. The minimum Gasteiger partial charge on any atom is -0.445 e. The molecule has 222 valence electrons. The first kappa shape index (κ1) is 31.0. The number of carbonyl (C=O) groups excluding carboxylic acids is 3. The van der Waals surface area contributed by atoms with Crippen LogP contribution >= 0.6 is 0 Å². The van der Waals surface area contributed by atoms with Crippen LogP contribution in [0, 0.1) is 0 Å². The number of amides is 3. The number of hydrogen-bond donors (Lipinski definition) is 3. The fourth-order valence-electron chi connectivity index (χ4n) is 4.90. The second kappa shape index (κ2) is 15.4. The summed E-state index contributed by atoms with van der Waals surface area (Å²) < 4.78 is 5.29.